The number of anilines is 2. The summed E-state index contributed by atoms with van der Waals surface area (Å²) in [6.45, 7) is 5.43. The third kappa shape index (κ3) is 6.18. The zero-order chi connectivity index (χ0) is 20.6. The van der Waals surface area contributed by atoms with Crippen LogP contribution in [-0.4, -0.2) is 65.3 Å². The van der Waals surface area contributed by atoms with Crippen LogP contribution in [0.4, 0.5) is 11.4 Å². The minimum absolute atomic E-state index is 0.0694. The highest BCUT2D eigenvalue weighted by Crippen LogP contribution is 2.27. The molecule has 1 heterocycles. The molecular formula is C22H35N4O3+. The number of nitrogens with one attached hydrogen (secondary N) is 3. The first-order valence-corrected chi connectivity index (χ1v) is 10.9. The van der Waals surface area contributed by atoms with Crippen molar-refractivity contribution in [3.05, 3.63) is 23.8 Å². The summed E-state index contributed by atoms with van der Waals surface area (Å²) in [5.74, 6) is 0.0751. The minimum Gasteiger partial charge on any atom is -0.377 e. The van der Waals surface area contributed by atoms with Gasteiger partial charge in [-0.2, -0.15) is 0 Å². The molecule has 1 aromatic carbocycles. The number of carbonyl (C=O) groups excluding carboxylic acids is 2. The van der Waals surface area contributed by atoms with Gasteiger partial charge in [0, 0.05) is 44.4 Å². The molecule has 2 aliphatic rings. The minimum atomic E-state index is -0.0948. The quantitative estimate of drug-likeness (QED) is 0.564. The summed E-state index contributed by atoms with van der Waals surface area (Å²) < 4.78 is 5.38. The Morgan fingerprint density at radius 3 is 2.59 bits per heavy atom. The van der Waals surface area contributed by atoms with Crippen molar-refractivity contribution in [1.82, 2.24) is 5.32 Å². The second kappa shape index (κ2) is 10.6. The molecule has 160 valence electrons. The molecule has 2 fully saturated rings. The van der Waals surface area contributed by atoms with Gasteiger partial charge in [-0.15, -0.1) is 0 Å². The van der Waals surface area contributed by atoms with Gasteiger partial charge in [-0.05, 0) is 31.0 Å². The van der Waals surface area contributed by atoms with E-state index in [0.29, 0.717) is 17.8 Å². The predicted molar refractivity (Wildman–Crippen MR) is 115 cm³/mol. The van der Waals surface area contributed by atoms with Gasteiger partial charge in [0.05, 0.1) is 25.3 Å². The first-order valence-electron chi connectivity index (χ1n) is 10.9. The Hall–Kier alpha value is -2.12. The SMILES string of the molecule is CN(C)c1ccc(NC(=O)C2CCCC2)cc1C(=O)NCCC[NH+]1CCOCC1. The van der Waals surface area contributed by atoms with E-state index in [-0.39, 0.29) is 17.7 Å². The second-order valence-electron chi connectivity index (χ2n) is 8.32. The molecule has 1 saturated carbocycles. The average molecular weight is 404 g/mol. The smallest absolute Gasteiger partial charge is 0.253 e. The van der Waals surface area contributed by atoms with Gasteiger partial charge >= 0.3 is 0 Å². The Balaban J connectivity index is 1.57. The molecule has 1 aliphatic heterocycles. The van der Waals surface area contributed by atoms with Crippen molar-refractivity contribution in [2.24, 2.45) is 5.92 Å². The van der Waals surface area contributed by atoms with E-state index in [1.54, 1.807) is 6.07 Å². The molecule has 7 heteroatoms. The summed E-state index contributed by atoms with van der Waals surface area (Å²) in [5.41, 5.74) is 2.13. The van der Waals surface area contributed by atoms with Crippen LogP contribution in [0.1, 0.15) is 42.5 Å². The molecule has 0 bridgehead atoms. The van der Waals surface area contributed by atoms with E-state index in [9.17, 15) is 9.59 Å². The van der Waals surface area contributed by atoms with Gasteiger partial charge in [0.25, 0.3) is 5.91 Å². The van der Waals surface area contributed by atoms with E-state index in [1.807, 2.05) is 31.1 Å². The van der Waals surface area contributed by atoms with Crippen LogP contribution in [0.15, 0.2) is 18.2 Å². The van der Waals surface area contributed by atoms with Gasteiger partial charge in [-0.25, -0.2) is 0 Å². The van der Waals surface area contributed by atoms with E-state index in [0.717, 1.165) is 70.6 Å². The highest BCUT2D eigenvalue weighted by molar-refractivity contribution is 6.02. The molecule has 2 amide bonds. The van der Waals surface area contributed by atoms with E-state index in [1.165, 1.54) is 4.90 Å². The fourth-order valence-electron chi connectivity index (χ4n) is 4.16. The largest absolute Gasteiger partial charge is 0.377 e. The lowest BCUT2D eigenvalue weighted by Crippen LogP contribution is -3.14. The normalized spacial score (nSPS) is 17.9. The molecule has 0 aromatic heterocycles. The zero-order valence-corrected chi connectivity index (χ0v) is 17.8. The van der Waals surface area contributed by atoms with Crippen LogP contribution in [0.25, 0.3) is 0 Å². The van der Waals surface area contributed by atoms with E-state index < -0.39 is 0 Å². The Morgan fingerprint density at radius 1 is 1.17 bits per heavy atom. The van der Waals surface area contributed by atoms with Gasteiger partial charge < -0.3 is 25.2 Å². The number of nitrogens with zero attached hydrogens (tertiary/aromatic N) is 1. The highest BCUT2D eigenvalue weighted by Gasteiger charge is 2.23. The number of rotatable bonds is 8. The summed E-state index contributed by atoms with van der Waals surface area (Å²) in [4.78, 5) is 28.7. The zero-order valence-electron chi connectivity index (χ0n) is 17.8. The molecule has 7 nitrogen and oxygen atoms in total. The monoisotopic (exact) mass is 403 g/mol. The molecule has 0 atom stereocenters. The van der Waals surface area contributed by atoms with Crippen molar-refractivity contribution >= 4 is 23.2 Å². The van der Waals surface area contributed by atoms with Crippen LogP contribution < -0.4 is 20.4 Å². The Morgan fingerprint density at radius 2 is 1.90 bits per heavy atom. The van der Waals surface area contributed by atoms with E-state index in [2.05, 4.69) is 10.6 Å². The molecule has 3 rings (SSSR count). The van der Waals surface area contributed by atoms with Gasteiger partial charge in [0.1, 0.15) is 13.1 Å². The summed E-state index contributed by atoms with van der Waals surface area (Å²) in [6.07, 6.45) is 5.10. The van der Waals surface area contributed by atoms with Crippen LogP contribution in [0, 0.1) is 5.92 Å². The van der Waals surface area contributed by atoms with Gasteiger partial charge in [0.15, 0.2) is 0 Å². The van der Waals surface area contributed by atoms with E-state index in [4.69, 9.17) is 4.74 Å². The summed E-state index contributed by atoms with van der Waals surface area (Å²) in [6, 6.07) is 5.57. The number of morpholine rings is 1. The number of quaternary nitrogens is 1. The molecule has 3 N–H and O–H groups in total. The molecule has 0 unspecified atom stereocenters. The highest BCUT2D eigenvalue weighted by atomic mass is 16.5. The Labute approximate surface area is 173 Å². The first-order chi connectivity index (χ1) is 14.0. The van der Waals surface area contributed by atoms with Crippen molar-refractivity contribution in [3.63, 3.8) is 0 Å². The average Bonchev–Trinajstić information content (AvgIpc) is 3.27. The fourth-order valence-corrected chi connectivity index (χ4v) is 4.16. The maximum absolute atomic E-state index is 12.8. The van der Waals surface area contributed by atoms with Crippen LogP contribution in [0.3, 0.4) is 0 Å². The standard InChI is InChI=1S/C22H34N4O3/c1-25(2)20-9-8-18(24-21(27)17-6-3-4-7-17)16-19(20)22(28)23-10-5-11-26-12-14-29-15-13-26/h8-9,16-17H,3-7,10-15H2,1-2H3,(H,23,28)(H,24,27)/p+1. The predicted octanol–water partition coefficient (Wildman–Crippen LogP) is 0.916. The summed E-state index contributed by atoms with van der Waals surface area (Å²) in [7, 11) is 3.84. The van der Waals surface area contributed by atoms with Crippen molar-refractivity contribution < 1.29 is 19.2 Å². The van der Waals surface area contributed by atoms with Crippen LogP contribution in [-0.2, 0) is 9.53 Å². The molecule has 29 heavy (non-hydrogen) atoms. The Bertz CT molecular complexity index is 695. The van der Waals surface area contributed by atoms with Gasteiger partial charge in [-0.1, -0.05) is 12.8 Å². The third-order valence-electron chi connectivity index (χ3n) is 5.91. The van der Waals surface area contributed by atoms with Gasteiger partial charge in [-0.3, -0.25) is 9.59 Å². The second-order valence-corrected chi connectivity index (χ2v) is 8.32. The third-order valence-corrected chi connectivity index (χ3v) is 5.91. The molecular weight excluding hydrogens is 368 g/mol. The lowest BCUT2D eigenvalue weighted by atomic mass is 10.1. The van der Waals surface area contributed by atoms with Crippen molar-refractivity contribution in [1.29, 1.82) is 0 Å². The van der Waals surface area contributed by atoms with Crippen molar-refractivity contribution in [2.75, 3.05) is 63.7 Å². The molecule has 1 aromatic rings. The number of ether oxygens (including phenoxy) is 1. The summed E-state index contributed by atoms with van der Waals surface area (Å²) >= 11 is 0. The lowest BCUT2D eigenvalue weighted by molar-refractivity contribution is -0.908. The first kappa shape index (κ1) is 21.6. The summed E-state index contributed by atoms with van der Waals surface area (Å²) in [5, 5.41) is 6.05. The maximum atomic E-state index is 12.8. The number of benzene rings is 1. The van der Waals surface area contributed by atoms with Crippen LogP contribution in [0.2, 0.25) is 0 Å². The molecule has 1 aliphatic carbocycles. The van der Waals surface area contributed by atoms with Crippen LogP contribution >= 0.6 is 0 Å². The molecule has 1 saturated heterocycles. The number of hydrogen-bond acceptors (Lipinski definition) is 4. The lowest BCUT2D eigenvalue weighted by Gasteiger charge is -2.23. The van der Waals surface area contributed by atoms with E-state index >= 15 is 0 Å². The number of carbonyl (C=O) groups is 2. The number of hydrogen-bond donors (Lipinski definition) is 3. The van der Waals surface area contributed by atoms with Crippen molar-refractivity contribution in [3.8, 4) is 0 Å². The fraction of sp³-hybridized carbons (Fsp3) is 0.636. The maximum Gasteiger partial charge on any atom is 0.253 e. The Kier molecular flexibility index (Phi) is 7.89. The number of amides is 2. The molecule has 0 radical (unpaired) electrons. The van der Waals surface area contributed by atoms with Crippen LogP contribution in [0.5, 0.6) is 0 Å². The topological polar surface area (TPSA) is 75.1 Å². The van der Waals surface area contributed by atoms with Crippen molar-refractivity contribution in [2.45, 2.75) is 32.1 Å². The molecule has 0 spiro atoms. The van der Waals surface area contributed by atoms with Gasteiger partial charge in [0.2, 0.25) is 5.91 Å².